The number of para-hydroxylation sites is 1. The van der Waals surface area contributed by atoms with Crippen LogP contribution in [0.4, 0.5) is 13.2 Å². The van der Waals surface area contributed by atoms with Crippen LogP contribution in [0, 0.1) is 12.3 Å². The number of benzene rings is 1. The molecule has 1 aromatic carbocycles. The molecule has 0 aliphatic heterocycles. The minimum atomic E-state index is -4.38. The highest BCUT2D eigenvalue weighted by Gasteiger charge is 2.30. The molecule has 0 aliphatic carbocycles. The zero-order valence-electron chi connectivity index (χ0n) is 10.6. The summed E-state index contributed by atoms with van der Waals surface area (Å²) in [5.41, 5.74) is 0.669. The quantitative estimate of drug-likeness (QED) is 0.729. The van der Waals surface area contributed by atoms with Crippen molar-refractivity contribution in [1.29, 1.82) is 0 Å². The molecule has 0 aliphatic rings. The molecule has 1 rings (SSSR count). The van der Waals surface area contributed by atoms with Gasteiger partial charge in [0.15, 0.2) is 6.61 Å². The predicted molar refractivity (Wildman–Crippen MR) is 64.6 cm³/mol. The highest BCUT2D eigenvalue weighted by atomic mass is 19.4. The Hall–Kier alpha value is -1.63. The minimum absolute atomic E-state index is 0.143. The van der Waals surface area contributed by atoms with Crippen molar-refractivity contribution < 1.29 is 17.9 Å². The van der Waals surface area contributed by atoms with Crippen LogP contribution >= 0.6 is 0 Å². The lowest BCUT2D eigenvalue weighted by atomic mass is 9.85. The highest BCUT2D eigenvalue weighted by Crippen LogP contribution is 2.34. The molecule has 0 unspecified atom stereocenters. The van der Waals surface area contributed by atoms with E-state index in [0.29, 0.717) is 11.1 Å². The van der Waals surface area contributed by atoms with E-state index in [0.717, 1.165) is 0 Å². The van der Waals surface area contributed by atoms with Gasteiger partial charge < -0.3 is 4.74 Å². The van der Waals surface area contributed by atoms with E-state index < -0.39 is 12.8 Å². The van der Waals surface area contributed by atoms with Gasteiger partial charge >= 0.3 is 6.18 Å². The summed E-state index contributed by atoms with van der Waals surface area (Å²) in [5, 5.41) is 0. The van der Waals surface area contributed by atoms with Crippen LogP contribution in [-0.4, -0.2) is 12.8 Å². The van der Waals surface area contributed by atoms with E-state index in [1.807, 2.05) is 20.8 Å². The summed E-state index contributed by atoms with van der Waals surface area (Å²) in [5.74, 6) is 2.50. The molecule has 4 heteroatoms. The fraction of sp³-hybridized carbons (Fsp3) is 0.429. The minimum Gasteiger partial charge on any atom is -0.483 e. The van der Waals surface area contributed by atoms with Crippen LogP contribution < -0.4 is 4.74 Å². The molecule has 0 bridgehead atoms. The lowest BCUT2D eigenvalue weighted by molar-refractivity contribution is -0.153. The Labute approximate surface area is 105 Å². The van der Waals surface area contributed by atoms with Crippen LogP contribution in [0.1, 0.15) is 31.9 Å². The summed E-state index contributed by atoms with van der Waals surface area (Å²) in [7, 11) is 0. The number of ether oxygens (including phenoxy) is 1. The van der Waals surface area contributed by atoms with Gasteiger partial charge in [-0.25, -0.2) is 0 Å². The van der Waals surface area contributed by atoms with E-state index >= 15 is 0 Å². The van der Waals surface area contributed by atoms with Crippen molar-refractivity contribution in [3.05, 3.63) is 29.3 Å². The Bertz CT molecular complexity index is 461. The molecule has 0 aromatic heterocycles. The van der Waals surface area contributed by atoms with Gasteiger partial charge in [-0.05, 0) is 11.5 Å². The first-order chi connectivity index (χ1) is 8.15. The van der Waals surface area contributed by atoms with Crippen molar-refractivity contribution in [1.82, 2.24) is 0 Å². The number of halogens is 3. The van der Waals surface area contributed by atoms with E-state index in [2.05, 4.69) is 5.92 Å². The van der Waals surface area contributed by atoms with Crippen LogP contribution in [0.2, 0.25) is 0 Å². The second kappa shape index (κ2) is 4.93. The number of terminal acetylenes is 1. The SMILES string of the molecule is C#Cc1cccc(C(C)(C)C)c1OCC(F)(F)F. The van der Waals surface area contributed by atoms with Crippen molar-refractivity contribution in [2.24, 2.45) is 0 Å². The molecule has 0 radical (unpaired) electrons. The molecule has 1 nitrogen and oxygen atoms in total. The zero-order chi connectivity index (χ0) is 14.0. The molecular formula is C14H15F3O. The molecule has 0 atom stereocenters. The first-order valence-electron chi connectivity index (χ1n) is 5.45. The first kappa shape index (κ1) is 14.4. The largest absolute Gasteiger partial charge is 0.483 e. The molecule has 0 amide bonds. The second-order valence-electron chi connectivity index (χ2n) is 4.98. The molecule has 1 aromatic rings. The predicted octanol–water partition coefficient (Wildman–Crippen LogP) is 3.91. The van der Waals surface area contributed by atoms with Gasteiger partial charge in [-0.3, -0.25) is 0 Å². The monoisotopic (exact) mass is 256 g/mol. The van der Waals surface area contributed by atoms with Crippen LogP contribution in [0.5, 0.6) is 5.75 Å². The maximum absolute atomic E-state index is 12.2. The van der Waals surface area contributed by atoms with E-state index in [9.17, 15) is 13.2 Å². The lowest BCUT2D eigenvalue weighted by Crippen LogP contribution is -2.22. The maximum Gasteiger partial charge on any atom is 0.422 e. The summed E-state index contributed by atoms with van der Waals surface area (Å²) in [6, 6.07) is 5.02. The Balaban J connectivity index is 3.18. The number of rotatable bonds is 2. The molecule has 0 heterocycles. The average Bonchev–Trinajstić information content (AvgIpc) is 2.23. The van der Waals surface area contributed by atoms with Crippen LogP contribution in [0.15, 0.2) is 18.2 Å². The average molecular weight is 256 g/mol. The van der Waals surface area contributed by atoms with Gasteiger partial charge in [0.25, 0.3) is 0 Å². The van der Waals surface area contributed by atoms with Gasteiger partial charge in [0.1, 0.15) is 5.75 Å². The van der Waals surface area contributed by atoms with Gasteiger partial charge in [0, 0.05) is 5.56 Å². The first-order valence-corrected chi connectivity index (χ1v) is 5.45. The summed E-state index contributed by atoms with van der Waals surface area (Å²) < 4.78 is 41.6. The summed E-state index contributed by atoms with van der Waals surface area (Å²) in [6.45, 7) is 4.34. The molecule has 0 N–H and O–H groups in total. The Kier molecular flexibility index (Phi) is 3.95. The summed E-state index contributed by atoms with van der Waals surface area (Å²) in [4.78, 5) is 0. The molecule has 0 spiro atoms. The summed E-state index contributed by atoms with van der Waals surface area (Å²) in [6.07, 6.45) is 0.913. The van der Waals surface area contributed by atoms with Crippen LogP contribution in [-0.2, 0) is 5.41 Å². The van der Waals surface area contributed by atoms with Crippen molar-refractivity contribution in [3.63, 3.8) is 0 Å². The summed E-state index contributed by atoms with van der Waals surface area (Å²) >= 11 is 0. The third-order valence-corrected chi connectivity index (χ3v) is 2.36. The third-order valence-electron chi connectivity index (χ3n) is 2.36. The highest BCUT2D eigenvalue weighted by molar-refractivity contribution is 5.52. The fourth-order valence-electron chi connectivity index (χ4n) is 1.55. The van der Waals surface area contributed by atoms with Gasteiger partial charge in [-0.15, -0.1) is 6.42 Å². The number of alkyl halides is 3. The molecule has 18 heavy (non-hydrogen) atoms. The second-order valence-corrected chi connectivity index (χ2v) is 4.98. The van der Waals surface area contributed by atoms with E-state index in [4.69, 9.17) is 11.2 Å². The standard InChI is InChI=1S/C14H15F3O/c1-5-10-7-6-8-11(13(2,3)4)12(10)18-9-14(15,16)17/h1,6-8H,9H2,2-4H3. The normalized spacial score (nSPS) is 12.1. The number of hydrogen-bond donors (Lipinski definition) is 0. The van der Waals surface area contributed by atoms with E-state index in [1.165, 1.54) is 0 Å². The van der Waals surface area contributed by atoms with Crippen molar-refractivity contribution in [3.8, 4) is 18.1 Å². The van der Waals surface area contributed by atoms with Crippen molar-refractivity contribution in [2.45, 2.75) is 32.4 Å². The molecular weight excluding hydrogens is 241 g/mol. The Morgan fingerprint density at radius 3 is 2.28 bits per heavy atom. The maximum atomic E-state index is 12.2. The van der Waals surface area contributed by atoms with Gasteiger partial charge in [0.05, 0.1) is 5.56 Å². The van der Waals surface area contributed by atoms with Gasteiger partial charge in [-0.1, -0.05) is 38.8 Å². The number of hydrogen-bond acceptors (Lipinski definition) is 1. The Morgan fingerprint density at radius 2 is 1.83 bits per heavy atom. The van der Waals surface area contributed by atoms with Crippen LogP contribution in [0.25, 0.3) is 0 Å². The molecule has 0 fully saturated rings. The van der Waals surface area contributed by atoms with Gasteiger partial charge in [-0.2, -0.15) is 13.2 Å². The third kappa shape index (κ3) is 3.69. The lowest BCUT2D eigenvalue weighted by Gasteiger charge is -2.24. The smallest absolute Gasteiger partial charge is 0.422 e. The Morgan fingerprint density at radius 1 is 1.22 bits per heavy atom. The van der Waals surface area contributed by atoms with Crippen molar-refractivity contribution in [2.75, 3.05) is 6.61 Å². The van der Waals surface area contributed by atoms with E-state index in [1.54, 1.807) is 18.2 Å². The van der Waals surface area contributed by atoms with E-state index in [-0.39, 0.29) is 11.2 Å². The van der Waals surface area contributed by atoms with Crippen LogP contribution in [0.3, 0.4) is 0 Å². The molecule has 98 valence electrons. The topological polar surface area (TPSA) is 9.23 Å². The molecule has 0 saturated carbocycles. The molecule has 0 saturated heterocycles. The fourth-order valence-corrected chi connectivity index (χ4v) is 1.55. The van der Waals surface area contributed by atoms with Crippen molar-refractivity contribution >= 4 is 0 Å². The van der Waals surface area contributed by atoms with Gasteiger partial charge in [0.2, 0.25) is 0 Å². The zero-order valence-corrected chi connectivity index (χ0v) is 10.6.